The van der Waals surface area contributed by atoms with Gasteiger partial charge in [0.1, 0.15) is 5.75 Å². The smallest absolute Gasteiger partial charge is 0.386 e. The van der Waals surface area contributed by atoms with Crippen molar-refractivity contribution in [1.82, 2.24) is 0 Å². The first-order valence-corrected chi connectivity index (χ1v) is 13.2. The van der Waals surface area contributed by atoms with Gasteiger partial charge in [0, 0.05) is 0 Å². The van der Waals surface area contributed by atoms with Crippen LogP contribution in [0.25, 0.3) is 0 Å². The van der Waals surface area contributed by atoms with Crippen LogP contribution in [0.4, 0.5) is 4.39 Å². The molecule has 0 amide bonds. The van der Waals surface area contributed by atoms with E-state index in [9.17, 15) is 13.4 Å². The van der Waals surface area contributed by atoms with Crippen LogP contribution < -0.4 is 4.74 Å². The lowest BCUT2D eigenvalue weighted by Crippen LogP contribution is -2.21. The summed E-state index contributed by atoms with van der Waals surface area (Å²) >= 11 is 0. The molecule has 0 spiro atoms. The van der Waals surface area contributed by atoms with Gasteiger partial charge < -0.3 is 14.0 Å². The van der Waals surface area contributed by atoms with E-state index in [1.54, 1.807) is 0 Å². The monoisotopic (exact) mass is 475 g/mol. The summed E-state index contributed by atoms with van der Waals surface area (Å²) in [7, 11) is -4.62. The summed E-state index contributed by atoms with van der Waals surface area (Å²) in [5.41, 5.74) is 1.36. The predicted octanol–water partition coefficient (Wildman–Crippen LogP) is 5.52. The maximum absolute atomic E-state index is 13.0. The molecule has 0 saturated heterocycles. The number of esters is 1. The summed E-state index contributed by atoms with van der Waals surface area (Å²) < 4.78 is 49.2. The number of halogens is 1. The fraction of sp³-hybridized carbons (Fsp3) is 0.667. The summed E-state index contributed by atoms with van der Waals surface area (Å²) in [5, 5.41) is -1.94. The maximum Gasteiger partial charge on any atom is 0.386 e. The highest BCUT2D eigenvalue weighted by atomic mass is 32.2. The highest BCUT2D eigenvalue weighted by Gasteiger charge is 2.23. The first-order chi connectivity index (χ1) is 15.3. The van der Waals surface area contributed by atoms with Gasteiger partial charge in [-0.2, -0.15) is 8.60 Å². The molecular weight excluding hydrogens is 435 g/mol. The Morgan fingerprint density at radius 3 is 1.91 bits per heavy atom. The van der Waals surface area contributed by atoms with Crippen LogP contribution in [0, 0.1) is 0 Å². The molecule has 8 heteroatoms. The van der Waals surface area contributed by atoms with Crippen molar-refractivity contribution < 1.29 is 32.0 Å². The summed E-state index contributed by atoms with van der Waals surface area (Å²) in [4.78, 5) is 11.1. The quantitative estimate of drug-likeness (QED) is 0.105. The summed E-state index contributed by atoms with van der Waals surface area (Å²) in [5.74, 6) is 0.0139. The molecule has 0 aliphatic carbocycles. The average molecular weight is 476 g/mol. The molecule has 32 heavy (non-hydrogen) atoms. The number of hydrogen-bond acceptors (Lipinski definition) is 4. The minimum Gasteiger partial charge on any atom is -0.494 e. The van der Waals surface area contributed by atoms with Gasteiger partial charge >= 0.3 is 21.2 Å². The van der Waals surface area contributed by atoms with Crippen molar-refractivity contribution in [2.45, 2.75) is 90.4 Å². The van der Waals surface area contributed by atoms with Crippen LogP contribution in [0.1, 0.15) is 96.0 Å². The van der Waals surface area contributed by atoms with E-state index in [0.717, 1.165) is 50.9 Å². The third-order valence-electron chi connectivity index (χ3n) is 5.51. The van der Waals surface area contributed by atoms with Crippen molar-refractivity contribution in [2.24, 2.45) is 0 Å². The van der Waals surface area contributed by atoms with Crippen LogP contribution >= 0.6 is 0 Å². The highest BCUT2D eigenvalue weighted by Crippen LogP contribution is 2.21. The van der Waals surface area contributed by atoms with Gasteiger partial charge in [0.15, 0.2) is 0 Å². The number of hydrogen-bond donors (Lipinski definition) is 1. The summed E-state index contributed by atoms with van der Waals surface area (Å²) in [6, 6.07) is 8.44. The number of unbranched alkanes of at least 4 members (excludes halogenated alkanes) is 9. The van der Waals surface area contributed by atoms with Gasteiger partial charge in [-0.3, -0.25) is 4.55 Å². The third-order valence-corrected chi connectivity index (χ3v) is 6.16. The van der Waals surface area contributed by atoms with Crippen LogP contribution in [-0.4, -0.2) is 37.6 Å². The number of carbonyl (C=O) groups excluding carboxylic acids is 1. The zero-order valence-corrected chi connectivity index (χ0v) is 20.3. The van der Waals surface area contributed by atoms with Crippen LogP contribution in [0.3, 0.4) is 0 Å². The molecule has 1 rings (SSSR count). The van der Waals surface area contributed by atoms with E-state index in [1.807, 2.05) is 0 Å². The molecule has 0 fully saturated rings. The van der Waals surface area contributed by atoms with Crippen LogP contribution in [0.5, 0.6) is 5.75 Å². The van der Waals surface area contributed by atoms with Gasteiger partial charge in [0.05, 0.1) is 13.2 Å². The molecule has 6 nitrogen and oxygen atoms in total. The molecule has 0 aliphatic heterocycles. The molecule has 1 aromatic carbocycles. The van der Waals surface area contributed by atoms with E-state index >= 15 is 0 Å². The minimum atomic E-state index is -4.62. The lowest BCUT2D eigenvalue weighted by Gasteiger charge is -2.10. The Kier molecular flexibility index (Phi) is 14.2. The van der Waals surface area contributed by atoms with E-state index in [0.29, 0.717) is 12.3 Å². The standard InChI is InChI=1S/C24H39FO6S/c1-3-20(2)21-14-16-22(17-15-21)30-18-12-10-8-6-4-5-7-9-11-13-19-31-24(26)23(25)32(27,28)29/h14-17,20H,3-13,18-19H2,1-2H3,(H2,27,28,29)/p+1. The second-order valence-corrected chi connectivity index (χ2v) is 9.61. The second-order valence-electron chi connectivity index (χ2n) is 8.20. The number of ether oxygens (including phenoxy) is 2. The third kappa shape index (κ3) is 12.4. The molecule has 0 heterocycles. The molecule has 1 aromatic rings. The van der Waals surface area contributed by atoms with Crippen molar-refractivity contribution in [2.75, 3.05) is 13.2 Å². The van der Waals surface area contributed by atoms with Crippen LogP contribution in [0.2, 0.25) is 0 Å². The topological polar surface area (TPSA) is 95.7 Å². The Hall–Kier alpha value is -1.64. The second kappa shape index (κ2) is 16.0. The zero-order chi connectivity index (χ0) is 23.8. The molecule has 0 saturated carbocycles. The van der Waals surface area contributed by atoms with Crippen molar-refractivity contribution in [1.29, 1.82) is 0 Å². The Balaban J connectivity index is 1.91. The molecular formula is C24H40FO6S+. The molecule has 2 unspecified atom stereocenters. The molecule has 0 bridgehead atoms. The first-order valence-electron chi connectivity index (χ1n) is 11.7. The van der Waals surface area contributed by atoms with Gasteiger partial charge in [-0.05, 0) is 42.9 Å². The van der Waals surface area contributed by atoms with Gasteiger partial charge in [0.2, 0.25) is 0 Å². The number of rotatable bonds is 17. The predicted molar refractivity (Wildman–Crippen MR) is 128 cm³/mol. The van der Waals surface area contributed by atoms with Crippen molar-refractivity contribution in [3.05, 3.63) is 29.8 Å². The van der Waals surface area contributed by atoms with Gasteiger partial charge in [-0.15, -0.1) is 0 Å². The summed E-state index contributed by atoms with van der Waals surface area (Å²) in [6.45, 7) is 5.18. The van der Waals surface area contributed by atoms with E-state index < -0.39 is 21.2 Å². The average Bonchev–Trinajstić information content (AvgIpc) is 2.77. The maximum atomic E-state index is 13.0. The lowest BCUT2D eigenvalue weighted by atomic mass is 9.99. The van der Waals surface area contributed by atoms with Crippen LogP contribution in [-0.2, 0) is 19.6 Å². The Morgan fingerprint density at radius 2 is 1.44 bits per heavy atom. The molecule has 184 valence electrons. The fourth-order valence-corrected chi connectivity index (χ4v) is 3.56. The SMILES string of the molecule is CCC(C)c1ccc(OCCCCCCCCCCCCOC(=O)C(F)=S(=O)(O)[OH2+])cc1. The van der Waals surface area contributed by atoms with Gasteiger partial charge in [-0.25, -0.2) is 4.79 Å². The first kappa shape index (κ1) is 28.4. The van der Waals surface area contributed by atoms with Crippen molar-refractivity contribution in [3.63, 3.8) is 0 Å². The number of carbonyl (C=O) groups is 1. The van der Waals surface area contributed by atoms with E-state index in [-0.39, 0.29) is 6.61 Å². The zero-order valence-electron chi connectivity index (χ0n) is 19.4. The lowest BCUT2D eigenvalue weighted by molar-refractivity contribution is -0.136. The van der Waals surface area contributed by atoms with Gasteiger partial charge in [0.25, 0.3) is 0 Å². The Labute approximate surface area is 192 Å². The molecule has 0 aliphatic rings. The highest BCUT2D eigenvalue weighted by molar-refractivity contribution is 7.93. The van der Waals surface area contributed by atoms with E-state index in [2.05, 4.69) is 42.8 Å². The normalized spacial score (nSPS) is 13.9. The molecule has 0 aromatic heterocycles. The van der Waals surface area contributed by atoms with E-state index in [4.69, 9.17) is 13.8 Å². The largest absolute Gasteiger partial charge is 0.494 e. The Bertz CT molecular complexity index is 763. The number of benzene rings is 1. The summed E-state index contributed by atoms with van der Waals surface area (Å²) in [6.07, 6.45) is 11.7. The Morgan fingerprint density at radius 1 is 0.969 bits per heavy atom. The molecule has 2 atom stereocenters. The van der Waals surface area contributed by atoms with Crippen molar-refractivity contribution in [3.8, 4) is 5.75 Å². The van der Waals surface area contributed by atoms with Crippen molar-refractivity contribution >= 4 is 21.2 Å². The van der Waals surface area contributed by atoms with Crippen LogP contribution in [0.15, 0.2) is 24.3 Å². The van der Waals surface area contributed by atoms with E-state index in [1.165, 1.54) is 31.2 Å². The van der Waals surface area contributed by atoms with Gasteiger partial charge in [-0.1, -0.05) is 77.3 Å². The molecule has 0 radical (unpaired) electrons. The fourth-order valence-electron chi connectivity index (χ4n) is 3.27. The minimum absolute atomic E-state index is 0.00808. The molecule has 3 N–H and O–H groups in total.